The number of anilines is 2. The number of thiophene rings is 1. The van der Waals surface area contributed by atoms with Crippen molar-refractivity contribution in [2.75, 3.05) is 17.2 Å². The minimum Gasteiger partial charge on any atom is -0.494 e. The third kappa shape index (κ3) is 4.49. The molecule has 0 saturated carbocycles. The second kappa shape index (κ2) is 8.49. The maximum Gasteiger partial charge on any atom is 0.265 e. The number of carbonyl (C=O) groups is 2. The summed E-state index contributed by atoms with van der Waals surface area (Å²) in [6.45, 7) is 2.53. The van der Waals surface area contributed by atoms with E-state index in [1.807, 2.05) is 25.1 Å². The fourth-order valence-corrected chi connectivity index (χ4v) is 4.49. The minimum absolute atomic E-state index is 0.101. The van der Waals surface area contributed by atoms with E-state index in [0.717, 1.165) is 23.5 Å². The van der Waals surface area contributed by atoms with Crippen molar-refractivity contribution < 1.29 is 14.3 Å². The molecule has 0 radical (unpaired) electrons. The average molecular weight is 407 g/mol. The maximum atomic E-state index is 12.5. The molecule has 2 amide bonds. The Labute approximate surface area is 173 Å². The molecule has 0 bridgehead atoms. The van der Waals surface area contributed by atoms with Gasteiger partial charge in [-0.2, -0.15) is 0 Å². The normalized spacial score (nSPS) is 12.3. The van der Waals surface area contributed by atoms with Crippen LogP contribution in [0.25, 0.3) is 0 Å². The smallest absolute Gasteiger partial charge is 0.265 e. The molecule has 1 aliphatic carbocycles. The molecule has 0 saturated heterocycles. The van der Waals surface area contributed by atoms with E-state index in [2.05, 4.69) is 10.6 Å². The lowest BCUT2D eigenvalue weighted by atomic mass is 10.2. The lowest BCUT2D eigenvalue weighted by Crippen LogP contribution is -2.13. The largest absolute Gasteiger partial charge is 0.494 e. The van der Waals surface area contributed by atoms with E-state index in [1.165, 1.54) is 16.9 Å². The van der Waals surface area contributed by atoms with Gasteiger partial charge in [0.05, 0.1) is 11.5 Å². The fourth-order valence-electron chi connectivity index (χ4n) is 3.34. The van der Waals surface area contributed by atoms with E-state index in [0.29, 0.717) is 23.5 Å². The SMILES string of the molecule is CCOc1ccc(NC(=O)c2ccc(NC(=O)c3cc4c(s3)CCC4)cc2)cc1. The van der Waals surface area contributed by atoms with Crippen LogP contribution in [0.2, 0.25) is 0 Å². The summed E-state index contributed by atoms with van der Waals surface area (Å²) in [5.41, 5.74) is 3.19. The number of carbonyl (C=O) groups excluding carboxylic acids is 2. The summed E-state index contributed by atoms with van der Waals surface area (Å²) in [7, 11) is 0. The molecule has 0 aliphatic heterocycles. The lowest BCUT2D eigenvalue weighted by Gasteiger charge is -2.08. The molecule has 6 heteroatoms. The first kappa shape index (κ1) is 19.2. The Bertz CT molecular complexity index is 1000. The number of hydrogen-bond donors (Lipinski definition) is 2. The summed E-state index contributed by atoms with van der Waals surface area (Å²) in [4.78, 5) is 27.0. The summed E-state index contributed by atoms with van der Waals surface area (Å²) in [5.74, 6) is 0.458. The van der Waals surface area contributed by atoms with E-state index >= 15 is 0 Å². The van der Waals surface area contributed by atoms with Gasteiger partial charge in [0.15, 0.2) is 0 Å². The predicted octanol–water partition coefficient (Wildman–Crippen LogP) is 5.14. The Morgan fingerprint density at radius 3 is 2.24 bits per heavy atom. The Morgan fingerprint density at radius 2 is 1.59 bits per heavy atom. The van der Waals surface area contributed by atoms with Crippen LogP contribution in [0.3, 0.4) is 0 Å². The summed E-state index contributed by atoms with van der Waals surface area (Å²) >= 11 is 1.58. The van der Waals surface area contributed by atoms with Crippen LogP contribution >= 0.6 is 11.3 Å². The van der Waals surface area contributed by atoms with Gasteiger partial charge in [0.25, 0.3) is 11.8 Å². The van der Waals surface area contributed by atoms with E-state index in [-0.39, 0.29) is 11.8 Å². The Hall–Kier alpha value is -3.12. The molecule has 3 aromatic rings. The van der Waals surface area contributed by atoms with Crippen molar-refractivity contribution in [3.8, 4) is 5.75 Å². The Balaban J connectivity index is 1.36. The number of aryl methyl sites for hydroxylation is 2. The zero-order valence-corrected chi connectivity index (χ0v) is 17.0. The number of hydrogen-bond acceptors (Lipinski definition) is 4. The molecule has 0 fully saturated rings. The number of fused-ring (bicyclic) bond motifs is 1. The van der Waals surface area contributed by atoms with Crippen molar-refractivity contribution in [1.29, 1.82) is 0 Å². The minimum atomic E-state index is -0.207. The number of amides is 2. The zero-order chi connectivity index (χ0) is 20.2. The topological polar surface area (TPSA) is 67.4 Å². The quantitative estimate of drug-likeness (QED) is 0.596. The maximum absolute atomic E-state index is 12.5. The molecule has 0 atom stereocenters. The van der Waals surface area contributed by atoms with Crippen LogP contribution in [0.4, 0.5) is 11.4 Å². The lowest BCUT2D eigenvalue weighted by molar-refractivity contribution is 0.102. The van der Waals surface area contributed by atoms with Crippen LogP contribution in [0, 0.1) is 0 Å². The van der Waals surface area contributed by atoms with E-state index in [9.17, 15) is 9.59 Å². The van der Waals surface area contributed by atoms with Crippen LogP contribution < -0.4 is 15.4 Å². The van der Waals surface area contributed by atoms with Gasteiger partial charge in [-0.3, -0.25) is 9.59 Å². The first-order valence-corrected chi connectivity index (χ1v) is 10.5. The molecule has 2 N–H and O–H groups in total. The van der Waals surface area contributed by atoms with Crippen molar-refractivity contribution in [3.63, 3.8) is 0 Å². The molecule has 0 spiro atoms. The highest BCUT2D eigenvalue weighted by Gasteiger charge is 2.18. The molecule has 5 nitrogen and oxygen atoms in total. The number of nitrogens with one attached hydrogen (secondary N) is 2. The summed E-state index contributed by atoms with van der Waals surface area (Å²) in [6, 6.07) is 16.1. The molecular formula is C23H22N2O3S. The van der Waals surface area contributed by atoms with Gasteiger partial charge in [-0.05, 0) is 86.3 Å². The standard InChI is InChI=1S/C23H22N2O3S/c1-2-28-19-12-10-18(11-13-19)24-22(26)15-6-8-17(9-7-15)25-23(27)21-14-16-4-3-5-20(16)29-21/h6-14H,2-5H2,1H3,(H,24,26)(H,25,27). The van der Waals surface area contributed by atoms with Crippen LogP contribution in [0.1, 0.15) is 43.8 Å². The van der Waals surface area contributed by atoms with E-state index in [4.69, 9.17) is 4.74 Å². The van der Waals surface area contributed by atoms with Gasteiger partial charge in [0.2, 0.25) is 0 Å². The van der Waals surface area contributed by atoms with Gasteiger partial charge in [0, 0.05) is 21.8 Å². The molecule has 1 heterocycles. The Kier molecular flexibility index (Phi) is 5.62. The molecule has 0 unspecified atom stereocenters. The molecule has 29 heavy (non-hydrogen) atoms. The summed E-state index contributed by atoms with van der Waals surface area (Å²) in [6.07, 6.45) is 3.33. The van der Waals surface area contributed by atoms with Gasteiger partial charge >= 0.3 is 0 Å². The Morgan fingerprint density at radius 1 is 0.931 bits per heavy atom. The highest BCUT2D eigenvalue weighted by molar-refractivity contribution is 7.14. The second-order valence-electron chi connectivity index (χ2n) is 6.86. The van der Waals surface area contributed by atoms with Gasteiger partial charge < -0.3 is 15.4 Å². The number of rotatable bonds is 6. The van der Waals surface area contributed by atoms with Crippen molar-refractivity contribution in [2.24, 2.45) is 0 Å². The molecule has 148 valence electrons. The van der Waals surface area contributed by atoms with Gasteiger partial charge in [0.1, 0.15) is 5.75 Å². The predicted molar refractivity (Wildman–Crippen MR) is 116 cm³/mol. The monoisotopic (exact) mass is 406 g/mol. The number of ether oxygens (including phenoxy) is 1. The molecular weight excluding hydrogens is 384 g/mol. The number of benzene rings is 2. The molecule has 4 rings (SSSR count). The van der Waals surface area contributed by atoms with E-state index in [1.54, 1.807) is 47.7 Å². The second-order valence-corrected chi connectivity index (χ2v) is 7.99. The summed E-state index contributed by atoms with van der Waals surface area (Å²) in [5, 5.41) is 5.76. The van der Waals surface area contributed by atoms with E-state index < -0.39 is 0 Å². The van der Waals surface area contributed by atoms with Crippen molar-refractivity contribution >= 4 is 34.5 Å². The zero-order valence-electron chi connectivity index (χ0n) is 16.2. The highest BCUT2D eigenvalue weighted by atomic mass is 32.1. The van der Waals surface area contributed by atoms with Crippen molar-refractivity contribution in [1.82, 2.24) is 0 Å². The van der Waals surface area contributed by atoms with Crippen molar-refractivity contribution in [2.45, 2.75) is 26.2 Å². The van der Waals surface area contributed by atoms with Crippen LogP contribution in [-0.2, 0) is 12.8 Å². The van der Waals surface area contributed by atoms with Gasteiger partial charge in [-0.25, -0.2) is 0 Å². The van der Waals surface area contributed by atoms with Crippen LogP contribution in [0.5, 0.6) is 5.75 Å². The average Bonchev–Trinajstić information content (AvgIpc) is 3.32. The molecule has 2 aromatic carbocycles. The summed E-state index contributed by atoms with van der Waals surface area (Å²) < 4.78 is 5.40. The van der Waals surface area contributed by atoms with Crippen molar-refractivity contribution in [3.05, 3.63) is 75.5 Å². The molecule has 1 aromatic heterocycles. The van der Waals surface area contributed by atoms with Crippen LogP contribution in [0.15, 0.2) is 54.6 Å². The van der Waals surface area contributed by atoms with Gasteiger partial charge in [-0.15, -0.1) is 11.3 Å². The fraction of sp³-hybridized carbons (Fsp3) is 0.217. The third-order valence-corrected chi connectivity index (χ3v) is 6.03. The van der Waals surface area contributed by atoms with Gasteiger partial charge in [-0.1, -0.05) is 0 Å². The first-order valence-electron chi connectivity index (χ1n) is 9.69. The first-order chi connectivity index (χ1) is 14.1. The highest BCUT2D eigenvalue weighted by Crippen LogP contribution is 2.31. The third-order valence-electron chi connectivity index (χ3n) is 4.80. The van der Waals surface area contributed by atoms with Crippen LogP contribution in [-0.4, -0.2) is 18.4 Å². The molecule has 1 aliphatic rings.